The van der Waals surface area contributed by atoms with E-state index in [0.717, 1.165) is 11.1 Å². The summed E-state index contributed by atoms with van der Waals surface area (Å²) in [4.78, 5) is 25.5. The molecular weight excluding hydrogens is 286 g/mol. The molecule has 110 valence electrons. The third kappa shape index (κ3) is 2.58. The Morgan fingerprint density at radius 1 is 1.48 bits per heavy atom. The number of carbonyl (C=O) groups is 2. The molecule has 3 rings (SSSR count). The predicted molar refractivity (Wildman–Crippen MR) is 82.4 cm³/mol. The van der Waals surface area contributed by atoms with E-state index in [9.17, 15) is 9.59 Å². The third-order valence-corrected chi connectivity index (χ3v) is 4.42. The van der Waals surface area contributed by atoms with Crippen molar-refractivity contribution in [1.29, 1.82) is 0 Å². The molecule has 1 atom stereocenters. The van der Waals surface area contributed by atoms with Gasteiger partial charge in [-0.3, -0.25) is 9.59 Å². The first-order valence-electron chi connectivity index (χ1n) is 6.79. The topological polar surface area (TPSA) is 54.3 Å². The number of carbonyl (C=O) groups excluding carboxylic acids is 2. The van der Waals surface area contributed by atoms with Gasteiger partial charge in [-0.05, 0) is 28.5 Å². The van der Waals surface area contributed by atoms with E-state index in [0.29, 0.717) is 18.7 Å². The zero-order chi connectivity index (χ0) is 15.0. The Kier molecular flexibility index (Phi) is 3.55. The maximum absolute atomic E-state index is 12.0. The van der Waals surface area contributed by atoms with Gasteiger partial charge >= 0.3 is 0 Å². The molecule has 1 N–H and O–H groups in total. The first-order chi connectivity index (χ1) is 10.1. The fourth-order valence-electron chi connectivity index (χ4n) is 2.50. The van der Waals surface area contributed by atoms with Gasteiger partial charge in [-0.15, -0.1) is 0 Å². The lowest BCUT2D eigenvalue weighted by atomic mass is 10.1. The first kappa shape index (κ1) is 13.9. The van der Waals surface area contributed by atoms with Crippen LogP contribution >= 0.6 is 11.3 Å². The van der Waals surface area contributed by atoms with E-state index in [2.05, 4.69) is 10.7 Å². The van der Waals surface area contributed by atoms with Crippen molar-refractivity contribution in [2.45, 2.75) is 12.5 Å². The molecule has 1 unspecified atom stereocenters. The van der Waals surface area contributed by atoms with E-state index >= 15 is 0 Å². The fraction of sp³-hybridized carbons (Fsp3) is 0.333. The van der Waals surface area contributed by atoms with E-state index in [1.807, 2.05) is 28.3 Å². The predicted octanol–water partition coefficient (Wildman–Crippen LogP) is 1.98. The molecule has 0 saturated heterocycles. The molecule has 1 aliphatic rings. The highest BCUT2D eigenvalue weighted by Gasteiger charge is 2.27. The molecule has 0 bridgehead atoms. The van der Waals surface area contributed by atoms with Crippen LogP contribution in [0, 0.1) is 0 Å². The molecule has 0 fully saturated rings. The first-order valence-corrected chi connectivity index (χ1v) is 7.73. The number of nitrogens with zero attached hydrogens (tertiary/aromatic N) is 2. The van der Waals surface area contributed by atoms with Gasteiger partial charge in [-0.25, -0.2) is 0 Å². The Morgan fingerprint density at radius 3 is 2.95 bits per heavy atom. The zero-order valence-electron chi connectivity index (χ0n) is 12.0. The van der Waals surface area contributed by atoms with Crippen LogP contribution in [-0.4, -0.2) is 41.9 Å². The van der Waals surface area contributed by atoms with Crippen LogP contribution in [0.3, 0.4) is 0 Å². The maximum Gasteiger partial charge on any atom is 0.268 e. The highest BCUT2D eigenvalue weighted by molar-refractivity contribution is 7.08. The van der Waals surface area contributed by atoms with Gasteiger partial charge < -0.3 is 14.8 Å². The summed E-state index contributed by atoms with van der Waals surface area (Å²) in [7, 11) is 3.49. The second-order valence-corrected chi connectivity index (χ2v) is 6.17. The third-order valence-electron chi connectivity index (χ3n) is 3.74. The summed E-state index contributed by atoms with van der Waals surface area (Å²) in [5, 5.41) is 6.93. The number of fused-ring (bicyclic) bond motifs is 1. The van der Waals surface area contributed by atoms with E-state index in [4.69, 9.17) is 0 Å². The molecule has 6 heteroatoms. The number of thiophene rings is 1. The quantitative estimate of drug-likeness (QED) is 0.942. The molecule has 3 heterocycles. The number of amides is 2. The standard InChI is InChI=1S/C15H17N3O2S/c1-17(2)14(19)6-12-7-16-15(20)13-5-11(8-18(12)13)10-3-4-21-9-10/h3-5,8-9,12H,6-7H2,1-2H3,(H,16,20). The second kappa shape index (κ2) is 5.37. The zero-order valence-corrected chi connectivity index (χ0v) is 12.8. The summed E-state index contributed by atoms with van der Waals surface area (Å²) in [5.74, 6) is -0.0158. The summed E-state index contributed by atoms with van der Waals surface area (Å²) in [5.41, 5.74) is 2.75. The minimum atomic E-state index is -0.0787. The molecule has 0 saturated carbocycles. The van der Waals surface area contributed by atoms with Crippen LogP contribution in [0.15, 0.2) is 29.1 Å². The minimum Gasteiger partial charge on any atom is -0.349 e. The van der Waals surface area contributed by atoms with E-state index in [1.165, 1.54) is 0 Å². The van der Waals surface area contributed by atoms with Gasteiger partial charge in [-0.1, -0.05) is 0 Å². The van der Waals surface area contributed by atoms with Crippen LogP contribution in [-0.2, 0) is 4.79 Å². The highest BCUT2D eigenvalue weighted by Crippen LogP contribution is 2.29. The van der Waals surface area contributed by atoms with Crippen LogP contribution in [0.4, 0.5) is 0 Å². The lowest BCUT2D eigenvalue weighted by Crippen LogP contribution is -2.40. The lowest BCUT2D eigenvalue weighted by molar-refractivity contribution is -0.129. The fourth-order valence-corrected chi connectivity index (χ4v) is 3.17. The van der Waals surface area contributed by atoms with Gasteiger partial charge in [0.2, 0.25) is 5.91 Å². The SMILES string of the molecule is CN(C)C(=O)CC1CNC(=O)c2cc(-c3ccsc3)cn21. The van der Waals surface area contributed by atoms with Crippen LogP contribution in [0.25, 0.3) is 11.1 Å². The average molecular weight is 303 g/mol. The van der Waals surface area contributed by atoms with Crippen LogP contribution < -0.4 is 5.32 Å². The Hall–Kier alpha value is -2.08. The van der Waals surface area contributed by atoms with Gasteiger partial charge in [0.25, 0.3) is 5.91 Å². The second-order valence-electron chi connectivity index (χ2n) is 5.39. The molecule has 5 nitrogen and oxygen atoms in total. The molecule has 21 heavy (non-hydrogen) atoms. The van der Waals surface area contributed by atoms with Gasteiger partial charge in [0.1, 0.15) is 5.69 Å². The Balaban J connectivity index is 1.94. The Bertz CT molecular complexity index is 673. The van der Waals surface area contributed by atoms with Gasteiger partial charge in [-0.2, -0.15) is 11.3 Å². The van der Waals surface area contributed by atoms with Crippen molar-refractivity contribution in [3.05, 3.63) is 34.8 Å². The van der Waals surface area contributed by atoms with Gasteiger partial charge in [0.05, 0.1) is 6.04 Å². The van der Waals surface area contributed by atoms with Crippen molar-refractivity contribution in [3.63, 3.8) is 0 Å². The summed E-state index contributed by atoms with van der Waals surface area (Å²) in [6.45, 7) is 0.489. The number of nitrogens with one attached hydrogen (secondary N) is 1. The van der Waals surface area contributed by atoms with E-state index in [1.54, 1.807) is 30.3 Å². The molecule has 0 spiro atoms. The van der Waals surface area contributed by atoms with Crippen molar-refractivity contribution in [1.82, 2.24) is 14.8 Å². The van der Waals surface area contributed by atoms with Crippen molar-refractivity contribution < 1.29 is 9.59 Å². The largest absolute Gasteiger partial charge is 0.349 e. The smallest absolute Gasteiger partial charge is 0.268 e. The molecular formula is C15H17N3O2S. The molecule has 2 aromatic rings. The Labute approximate surface area is 127 Å². The van der Waals surface area contributed by atoms with Crippen molar-refractivity contribution in [3.8, 4) is 11.1 Å². The summed E-state index contributed by atoms with van der Waals surface area (Å²) in [6.07, 6.45) is 2.36. The molecule has 2 aromatic heterocycles. The van der Waals surface area contributed by atoms with Crippen LogP contribution in [0.2, 0.25) is 0 Å². The number of hydrogen-bond donors (Lipinski definition) is 1. The molecule has 2 amide bonds. The van der Waals surface area contributed by atoms with Crippen molar-refractivity contribution in [2.24, 2.45) is 0 Å². The molecule has 0 radical (unpaired) electrons. The average Bonchev–Trinajstić information content (AvgIpc) is 3.09. The van der Waals surface area contributed by atoms with Gasteiger partial charge in [0.15, 0.2) is 0 Å². The number of rotatable bonds is 3. The summed E-state index contributed by atoms with van der Waals surface area (Å²) < 4.78 is 1.94. The number of aromatic nitrogens is 1. The van der Waals surface area contributed by atoms with Gasteiger partial charge in [0, 0.05) is 38.8 Å². The Morgan fingerprint density at radius 2 is 2.29 bits per heavy atom. The van der Waals surface area contributed by atoms with E-state index in [-0.39, 0.29) is 17.9 Å². The molecule has 0 aromatic carbocycles. The molecule has 1 aliphatic heterocycles. The monoisotopic (exact) mass is 303 g/mol. The minimum absolute atomic E-state index is 0.0278. The lowest BCUT2D eigenvalue weighted by Gasteiger charge is -2.26. The van der Waals surface area contributed by atoms with Crippen molar-refractivity contribution >= 4 is 23.2 Å². The molecule has 0 aliphatic carbocycles. The normalized spacial score (nSPS) is 17.2. The van der Waals surface area contributed by atoms with E-state index < -0.39 is 0 Å². The van der Waals surface area contributed by atoms with Crippen molar-refractivity contribution in [2.75, 3.05) is 20.6 Å². The summed E-state index contributed by atoms with van der Waals surface area (Å²) in [6, 6.07) is 3.90. The maximum atomic E-state index is 12.0. The number of hydrogen-bond acceptors (Lipinski definition) is 3. The summed E-state index contributed by atoms with van der Waals surface area (Å²) >= 11 is 1.63. The van der Waals surface area contributed by atoms with Crippen LogP contribution in [0.5, 0.6) is 0 Å². The highest BCUT2D eigenvalue weighted by atomic mass is 32.1. The van der Waals surface area contributed by atoms with Crippen LogP contribution in [0.1, 0.15) is 23.0 Å².